The summed E-state index contributed by atoms with van der Waals surface area (Å²) < 4.78 is 0. The minimum atomic E-state index is -1.03. The summed E-state index contributed by atoms with van der Waals surface area (Å²) in [6.07, 6.45) is 1.04. The monoisotopic (exact) mass is 381 g/mol. The normalized spacial score (nSPS) is 18.5. The van der Waals surface area contributed by atoms with E-state index in [0.717, 1.165) is 0 Å². The molecule has 1 aromatic rings. The van der Waals surface area contributed by atoms with E-state index < -0.39 is 35.3 Å². The average Bonchev–Trinajstić information content (AvgIpc) is 3.03. The van der Waals surface area contributed by atoms with E-state index in [-0.39, 0.29) is 10.6 Å². The smallest absolute Gasteiger partial charge is 0.326 e. The van der Waals surface area contributed by atoms with Gasteiger partial charge in [0.25, 0.3) is 5.91 Å². The number of carboxylic acid groups (broad SMARTS) is 1. The van der Waals surface area contributed by atoms with Gasteiger partial charge in [0, 0.05) is 12.1 Å². The summed E-state index contributed by atoms with van der Waals surface area (Å²) in [5.74, 6) is -1.89. The Balaban J connectivity index is 2.24. The fourth-order valence-electron chi connectivity index (χ4n) is 2.98. The third-order valence-electron chi connectivity index (χ3n) is 4.47. The van der Waals surface area contributed by atoms with Crippen LogP contribution >= 0.6 is 11.6 Å². The number of nitrogens with one attached hydrogen (secondary N) is 1. The Kier molecular flexibility index (Phi) is 5.81. The highest BCUT2D eigenvalue weighted by Gasteiger charge is 2.41. The summed E-state index contributed by atoms with van der Waals surface area (Å²) in [6, 6.07) is 2.76. The lowest BCUT2D eigenvalue weighted by Crippen LogP contribution is -2.56. The standard InChI is InChI=1S/C18H24ClN3O4/c1-18(2,3)14(16(24)22-8-4-5-13(22)17(25)26)21-15(23)10-6-7-12(20)11(19)9-10/h6-7,9,13-14H,4-5,8,20H2,1-3H3,(H,21,23)(H,25,26)/t13-,14+/m0/s1. The maximum atomic E-state index is 13.0. The van der Waals surface area contributed by atoms with Crippen molar-refractivity contribution < 1.29 is 19.5 Å². The SMILES string of the molecule is CC(C)(C)[C@H](NC(=O)c1ccc(N)c(Cl)c1)C(=O)N1CCC[C@H]1C(=O)O. The number of halogens is 1. The van der Waals surface area contributed by atoms with E-state index in [1.54, 1.807) is 0 Å². The lowest BCUT2D eigenvalue weighted by molar-refractivity contribution is -0.150. The molecule has 4 N–H and O–H groups in total. The molecular formula is C18H24ClN3O4. The molecule has 8 heteroatoms. The molecule has 0 bridgehead atoms. The molecule has 0 radical (unpaired) electrons. The number of hydrogen-bond donors (Lipinski definition) is 3. The third-order valence-corrected chi connectivity index (χ3v) is 4.80. The highest BCUT2D eigenvalue weighted by Crippen LogP contribution is 2.26. The number of carboxylic acids is 1. The van der Waals surface area contributed by atoms with E-state index in [4.69, 9.17) is 17.3 Å². The zero-order valence-corrected chi connectivity index (χ0v) is 15.8. The quantitative estimate of drug-likeness (QED) is 0.691. The number of rotatable bonds is 4. The Morgan fingerprint density at radius 2 is 2.00 bits per heavy atom. The van der Waals surface area contributed by atoms with Crippen molar-refractivity contribution in [2.45, 2.75) is 45.7 Å². The van der Waals surface area contributed by atoms with Gasteiger partial charge in [0.15, 0.2) is 0 Å². The number of nitrogens with two attached hydrogens (primary N) is 1. The summed E-state index contributed by atoms with van der Waals surface area (Å²) in [5.41, 5.74) is 5.69. The summed E-state index contributed by atoms with van der Waals surface area (Å²) in [4.78, 5) is 38.3. The van der Waals surface area contributed by atoms with Crippen LogP contribution in [0.25, 0.3) is 0 Å². The molecule has 0 unspecified atom stereocenters. The maximum Gasteiger partial charge on any atom is 0.326 e. The Labute approximate surface area is 157 Å². The van der Waals surface area contributed by atoms with Gasteiger partial charge in [-0.25, -0.2) is 4.79 Å². The van der Waals surface area contributed by atoms with Gasteiger partial charge >= 0.3 is 5.97 Å². The fourth-order valence-corrected chi connectivity index (χ4v) is 3.17. The van der Waals surface area contributed by atoms with Gasteiger partial charge in [-0.2, -0.15) is 0 Å². The number of hydrogen-bond acceptors (Lipinski definition) is 4. The molecule has 1 aliphatic rings. The highest BCUT2D eigenvalue weighted by molar-refractivity contribution is 6.33. The van der Waals surface area contributed by atoms with E-state index >= 15 is 0 Å². The predicted molar refractivity (Wildman–Crippen MR) is 98.9 cm³/mol. The van der Waals surface area contributed by atoms with Crippen LogP contribution in [0.4, 0.5) is 5.69 Å². The van der Waals surface area contributed by atoms with Crippen LogP contribution in [0.2, 0.25) is 5.02 Å². The molecule has 1 aromatic carbocycles. The molecule has 0 aromatic heterocycles. The van der Waals surface area contributed by atoms with Crippen LogP contribution in [0.15, 0.2) is 18.2 Å². The molecule has 2 atom stereocenters. The average molecular weight is 382 g/mol. The van der Waals surface area contributed by atoms with E-state index in [2.05, 4.69) is 5.32 Å². The first-order valence-corrected chi connectivity index (χ1v) is 8.79. The van der Waals surface area contributed by atoms with Crippen LogP contribution in [-0.4, -0.2) is 46.4 Å². The van der Waals surface area contributed by atoms with Crippen LogP contribution in [0, 0.1) is 5.41 Å². The number of carbonyl (C=O) groups is 3. The van der Waals surface area contributed by atoms with Crippen molar-refractivity contribution >= 4 is 35.1 Å². The molecule has 1 fully saturated rings. The second-order valence-corrected chi connectivity index (χ2v) is 7.94. The van der Waals surface area contributed by atoms with Crippen molar-refractivity contribution in [3.63, 3.8) is 0 Å². The van der Waals surface area contributed by atoms with E-state index in [0.29, 0.717) is 25.1 Å². The first kappa shape index (κ1) is 20.0. The summed E-state index contributed by atoms with van der Waals surface area (Å²) in [5, 5.41) is 12.3. The molecule has 142 valence electrons. The van der Waals surface area contributed by atoms with Crippen LogP contribution < -0.4 is 11.1 Å². The summed E-state index contributed by atoms with van der Waals surface area (Å²) in [7, 11) is 0. The number of benzene rings is 1. The van der Waals surface area contributed by atoms with Gasteiger partial charge in [-0.05, 0) is 36.5 Å². The van der Waals surface area contributed by atoms with Gasteiger partial charge in [0.2, 0.25) is 5.91 Å². The first-order valence-electron chi connectivity index (χ1n) is 8.41. The Bertz CT molecular complexity index is 730. The number of aliphatic carboxylic acids is 1. The number of likely N-dealkylation sites (tertiary alicyclic amines) is 1. The van der Waals surface area contributed by atoms with Gasteiger partial charge in [0.1, 0.15) is 12.1 Å². The second kappa shape index (κ2) is 7.53. The van der Waals surface area contributed by atoms with Crippen molar-refractivity contribution in [2.75, 3.05) is 12.3 Å². The van der Waals surface area contributed by atoms with Gasteiger partial charge < -0.3 is 21.1 Å². The molecule has 1 aliphatic heterocycles. The van der Waals surface area contributed by atoms with Crippen LogP contribution in [0.3, 0.4) is 0 Å². The minimum Gasteiger partial charge on any atom is -0.480 e. The Morgan fingerprint density at radius 1 is 1.35 bits per heavy atom. The van der Waals surface area contributed by atoms with Gasteiger partial charge in [-0.15, -0.1) is 0 Å². The molecule has 7 nitrogen and oxygen atoms in total. The first-order chi connectivity index (χ1) is 12.0. The summed E-state index contributed by atoms with van der Waals surface area (Å²) >= 11 is 5.96. The Morgan fingerprint density at radius 3 is 2.54 bits per heavy atom. The van der Waals surface area contributed by atoms with Gasteiger partial charge in [-0.3, -0.25) is 9.59 Å². The Hall–Kier alpha value is -2.28. The van der Waals surface area contributed by atoms with Crippen LogP contribution in [0.5, 0.6) is 0 Å². The molecule has 1 saturated heterocycles. The van der Waals surface area contributed by atoms with Gasteiger partial charge in [0.05, 0.1) is 10.7 Å². The zero-order valence-electron chi connectivity index (χ0n) is 15.1. The number of nitrogen functional groups attached to an aromatic ring is 1. The van der Waals surface area contributed by atoms with E-state index in [1.807, 2.05) is 20.8 Å². The third kappa shape index (κ3) is 4.27. The van der Waals surface area contributed by atoms with Crippen molar-refractivity contribution in [3.05, 3.63) is 28.8 Å². The topological polar surface area (TPSA) is 113 Å². The number of anilines is 1. The summed E-state index contributed by atoms with van der Waals surface area (Å²) in [6.45, 7) is 5.82. The van der Waals surface area contributed by atoms with Crippen molar-refractivity contribution in [2.24, 2.45) is 5.41 Å². The highest BCUT2D eigenvalue weighted by atomic mass is 35.5. The maximum absolute atomic E-state index is 13.0. The lowest BCUT2D eigenvalue weighted by Gasteiger charge is -2.34. The molecule has 26 heavy (non-hydrogen) atoms. The zero-order chi connectivity index (χ0) is 19.6. The number of carbonyl (C=O) groups excluding carboxylic acids is 2. The van der Waals surface area contributed by atoms with Crippen molar-refractivity contribution in [1.29, 1.82) is 0 Å². The molecule has 0 aliphatic carbocycles. The van der Waals surface area contributed by atoms with E-state index in [9.17, 15) is 19.5 Å². The fraction of sp³-hybridized carbons (Fsp3) is 0.500. The molecule has 0 saturated carbocycles. The predicted octanol–water partition coefficient (Wildman–Crippen LogP) is 2.14. The molecule has 0 spiro atoms. The van der Waals surface area contributed by atoms with Crippen LogP contribution in [-0.2, 0) is 9.59 Å². The van der Waals surface area contributed by atoms with Crippen molar-refractivity contribution in [3.8, 4) is 0 Å². The van der Waals surface area contributed by atoms with Gasteiger partial charge in [-0.1, -0.05) is 32.4 Å². The number of nitrogens with zero attached hydrogens (tertiary/aromatic N) is 1. The largest absolute Gasteiger partial charge is 0.480 e. The molecular weight excluding hydrogens is 358 g/mol. The molecule has 2 rings (SSSR count). The number of amides is 2. The van der Waals surface area contributed by atoms with Crippen LogP contribution in [0.1, 0.15) is 44.0 Å². The molecule has 2 amide bonds. The second-order valence-electron chi connectivity index (χ2n) is 7.54. The van der Waals surface area contributed by atoms with E-state index in [1.165, 1.54) is 23.1 Å². The lowest BCUT2D eigenvalue weighted by atomic mass is 9.85. The minimum absolute atomic E-state index is 0.252. The van der Waals surface area contributed by atoms with Crippen molar-refractivity contribution in [1.82, 2.24) is 10.2 Å². The molecule has 1 heterocycles.